The van der Waals surface area contributed by atoms with Crippen LogP contribution in [0.1, 0.15) is 11.3 Å². The first kappa shape index (κ1) is 13.4. The van der Waals surface area contributed by atoms with Crippen molar-refractivity contribution in [3.8, 4) is 5.75 Å². The number of benzene rings is 1. The van der Waals surface area contributed by atoms with Crippen LogP contribution < -0.4 is 4.74 Å². The molecule has 0 saturated carbocycles. The Balaban J connectivity index is 1.96. The second-order valence-electron chi connectivity index (χ2n) is 3.93. The van der Waals surface area contributed by atoms with Crippen molar-refractivity contribution in [1.82, 2.24) is 9.78 Å². The SMILES string of the molecule is Cn1nccc1CCOc1ccc(Cl)cc1CBr. The summed E-state index contributed by atoms with van der Waals surface area (Å²) >= 11 is 9.38. The second-order valence-corrected chi connectivity index (χ2v) is 4.93. The minimum Gasteiger partial charge on any atom is -0.493 e. The van der Waals surface area contributed by atoms with Crippen LogP contribution in [0.15, 0.2) is 30.5 Å². The van der Waals surface area contributed by atoms with Gasteiger partial charge in [-0.05, 0) is 24.3 Å². The molecule has 18 heavy (non-hydrogen) atoms. The average molecular weight is 330 g/mol. The highest BCUT2D eigenvalue weighted by Crippen LogP contribution is 2.25. The van der Waals surface area contributed by atoms with E-state index in [9.17, 15) is 0 Å². The quantitative estimate of drug-likeness (QED) is 0.784. The fourth-order valence-corrected chi connectivity index (χ4v) is 2.34. The lowest BCUT2D eigenvalue weighted by Crippen LogP contribution is -2.06. The van der Waals surface area contributed by atoms with Gasteiger partial charge in [-0.15, -0.1) is 0 Å². The lowest BCUT2D eigenvalue weighted by Gasteiger charge is -2.10. The molecule has 1 aromatic heterocycles. The van der Waals surface area contributed by atoms with E-state index in [1.807, 2.05) is 36.0 Å². The lowest BCUT2D eigenvalue weighted by molar-refractivity contribution is 0.316. The Morgan fingerprint density at radius 2 is 2.22 bits per heavy atom. The van der Waals surface area contributed by atoms with Crippen LogP contribution in [0.5, 0.6) is 5.75 Å². The van der Waals surface area contributed by atoms with Gasteiger partial charge in [0.05, 0.1) is 6.61 Å². The van der Waals surface area contributed by atoms with E-state index < -0.39 is 0 Å². The molecule has 0 aliphatic rings. The third-order valence-electron chi connectivity index (χ3n) is 2.70. The van der Waals surface area contributed by atoms with Gasteiger partial charge in [0.15, 0.2) is 0 Å². The molecule has 2 aromatic rings. The highest BCUT2D eigenvalue weighted by molar-refractivity contribution is 9.08. The Bertz CT molecular complexity index is 527. The molecule has 0 unspecified atom stereocenters. The van der Waals surface area contributed by atoms with Gasteiger partial charge in [0.2, 0.25) is 0 Å². The van der Waals surface area contributed by atoms with Gasteiger partial charge in [0, 0.05) is 41.3 Å². The van der Waals surface area contributed by atoms with E-state index >= 15 is 0 Å². The molecule has 0 aliphatic heterocycles. The first-order valence-electron chi connectivity index (χ1n) is 5.65. The molecule has 1 heterocycles. The van der Waals surface area contributed by atoms with Crippen molar-refractivity contribution < 1.29 is 4.74 Å². The van der Waals surface area contributed by atoms with Gasteiger partial charge in [-0.1, -0.05) is 27.5 Å². The summed E-state index contributed by atoms with van der Waals surface area (Å²) in [4.78, 5) is 0. The van der Waals surface area contributed by atoms with Crippen molar-refractivity contribution in [2.75, 3.05) is 6.61 Å². The Labute approximate surface area is 120 Å². The van der Waals surface area contributed by atoms with E-state index in [2.05, 4.69) is 21.0 Å². The number of hydrogen-bond donors (Lipinski definition) is 0. The third-order valence-corrected chi connectivity index (χ3v) is 3.54. The van der Waals surface area contributed by atoms with E-state index in [1.165, 1.54) is 0 Å². The van der Waals surface area contributed by atoms with E-state index in [4.69, 9.17) is 16.3 Å². The van der Waals surface area contributed by atoms with Crippen LogP contribution in [-0.4, -0.2) is 16.4 Å². The van der Waals surface area contributed by atoms with Crippen molar-refractivity contribution in [2.24, 2.45) is 7.05 Å². The van der Waals surface area contributed by atoms with E-state index in [0.29, 0.717) is 6.61 Å². The minimum absolute atomic E-state index is 0.626. The smallest absolute Gasteiger partial charge is 0.123 e. The normalized spacial score (nSPS) is 10.6. The summed E-state index contributed by atoms with van der Waals surface area (Å²) in [5.74, 6) is 0.874. The first-order valence-corrected chi connectivity index (χ1v) is 7.14. The van der Waals surface area contributed by atoms with Crippen molar-refractivity contribution in [3.05, 3.63) is 46.7 Å². The van der Waals surface area contributed by atoms with Crippen molar-refractivity contribution in [1.29, 1.82) is 0 Å². The van der Waals surface area contributed by atoms with Gasteiger partial charge in [-0.2, -0.15) is 5.10 Å². The molecular formula is C13H14BrClN2O. The highest BCUT2D eigenvalue weighted by Gasteiger charge is 2.04. The Morgan fingerprint density at radius 3 is 2.89 bits per heavy atom. The highest BCUT2D eigenvalue weighted by atomic mass is 79.9. The molecule has 5 heteroatoms. The molecule has 96 valence electrons. The summed E-state index contributed by atoms with van der Waals surface area (Å²) in [6.07, 6.45) is 2.63. The minimum atomic E-state index is 0.626. The largest absolute Gasteiger partial charge is 0.493 e. The Hall–Kier alpha value is -1.000. The van der Waals surface area contributed by atoms with Gasteiger partial charge in [0.25, 0.3) is 0 Å². The fourth-order valence-electron chi connectivity index (χ4n) is 1.71. The topological polar surface area (TPSA) is 27.1 Å². The summed E-state index contributed by atoms with van der Waals surface area (Å²) in [7, 11) is 1.93. The van der Waals surface area contributed by atoms with E-state index in [0.717, 1.165) is 33.8 Å². The maximum atomic E-state index is 5.94. The molecule has 0 spiro atoms. The second kappa shape index (κ2) is 6.25. The molecule has 0 amide bonds. The standard InChI is InChI=1S/C13H14BrClN2O/c1-17-12(4-6-16-17)5-7-18-13-3-2-11(15)8-10(13)9-14/h2-4,6,8H,5,7,9H2,1H3. The molecule has 0 fully saturated rings. The zero-order valence-electron chi connectivity index (χ0n) is 10.1. The third kappa shape index (κ3) is 3.27. The van der Waals surface area contributed by atoms with Crippen LogP contribution in [0.25, 0.3) is 0 Å². The number of aromatic nitrogens is 2. The van der Waals surface area contributed by atoms with E-state index in [1.54, 1.807) is 6.20 Å². The van der Waals surface area contributed by atoms with Crippen LogP contribution in [0.2, 0.25) is 5.02 Å². The Kier molecular flexibility index (Phi) is 4.66. The zero-order chi connectivity index (χ0) is 13.0. The molecule has 0 N–H and O–H groups in total. The maximum Gasteiger partial charge on any atom is 0.123 e. The number of alkyl halides is 1. The number of rotatable bonds is 5. The van der Waals surface area contributed by atoms with Crippen LogP contribution in [0.4, 0.5) is 0 Å². The molecule has 0 atom stereocenters. The molecule has 0 saturated heterocycles. The first-order chi connectivity index (χ1) is 8.70. The molecular weight excluding hydrogens is 316 g/mol. The van der Waals surface area contributed by atoms with Crippen LogP contribution >= 0.6 is 27.5 Å². The monoisotopic (exact) mass is 328 g/mol. The molecule has 1 aromatic carbocycles. The number of hydrogen-bond acceptors (Lipinski definition) is 2. The Morgan fingerprint density at radius 1 is 1.39 bits per heavy atom. The predicted octanol–water partition coefficient (Wildman–Crippen LogP) is 3.59. The zero-order valence-corrected chi connectivity index (χ0v) is 12.4. The van der Waals surface area contributed by atoms with Gasteiger partial charge in [-0.3, -0.25) is 4.68 Å². The molecule has 2 rings (SSSR count). The summed E-state index contributed by atoms with van der Waals surface area (Å²) in [6, 6.07) is 7.65. The fraction of sp³-hybridized carbons (Fsp3) is 0.308. The molecule has 0 aliphatic carbocycles. The number of aryl methyl sites for hydroxylation is 1. The summed E-state index contributed by atoms with van der Waals surface area (Å²) in [6.45, 7) is 0.626. The number of nitrogens with zero attached hydrogens (tertiary/aromatic N) is 2. The summed E-state index contributed by atoms with van der Waals surface area (Å²) in [5, 5.41) is 5.58. The number of halogens is 2. The summed E-state index contributed by atoms with van der Waals surface area (Å²) < 4.78 is 7.64. The molecule has 0 bridgehead atoms. The van der Waals surface area contributed by atoms with Crippen molar-refractivity contribution in [3.63, 3.8) is 0 Å². The van der Waals surface area contributed by atoms with Crippen molar-refractivity contribution in [2.45, 2.75) is 11.8 Å². The van der Waals surface area contributed by atoms with Crippen LogP contribution in [-0.2, 0) is 18.8 Å². The van der Waals surface area contributed by atoms with E-state index in [-0.39, 0.29) is 0 Å². The van der Waals surface area contributed by atoms with Gasteiger partial charge in [0.1, 0.15) is 5.75 Å². The number of ether oxygens (including phenoxy) is 1. The van der Waals surface area contributed by atoms with Crippen molar-refractivity contribution >= 4 is 27.5 Å². The molecule has 0 radical (unpaired) electrons. The summed E-state index contributed by atoms with van der Waals surface area (Å²) in [5.41, 5.74) is 2.22. The lowest BCUT2D eigenvalue weighted by atomic mass is 10.2. The predicted molar refractivity (Wildman–Crippen MR) is 76.5 cm³/mol. The average Bonchev–Trinajstić information content (AvgIpc) is 2.77. The van der Waals surface area contributed by atoms with Crippen LogP contribution in [0.3, 0.4) is 0 Å². The maximum absolute atomic E-state index is 5.94. The van der Waals surface area contributed by atoms with Gasteiger partial charge < -0.3 is 4.74 Å². The van der Waals surface area contributed by atoms with Gasteiger partial charge >= 0.3 is 0 Å². The van der Waals surface area contributed by atoms with Gasteiger partial charge in [-0.25, -0.2) is 0 Å². The van der Waals surface area contributed by atoms with Crippen LogP contribution in [0, 0.1) is 0 Å². The molecule has 3 nitrogen and oxygen atoms in total.